The average Bonchev–Trinajstić information content (AvgIpc) is 3.10. The normalized spacial score (nSPS) is 15.7. The van der Waals surface area contributed by atoms with Crippen molar-refractivity contribution in [2.75, 3.05) is 19.8 Å². The Morgan fingerprint density at radius 3 is 2.32 bits per heavy atom. The third kappa shape index (κ3) is 4.04. The molecule has 0 fully saturated rings. The van der Waals surface area contributed by atoms with Gasteiger partial charge < -0.3 is 9.47 Å². The zero-order chi connectivity index (χ0) is 19.9. The maximum atomic E-state index is 5.97. The second kappa shape index (κ2) is 9.14. The fraction of sp³-hybridized carbons (Fsp3) is 0.231. The lowest BCUT2D eigenvalue weighted by molar-refractivity contribution is 0.160. The first kappa shape index (κ1) is 19.6. The summed E-state index contributed by atoms with van der Waals surface area (Å²) >= 11 is 0. The van der Waals surface area contributed by atoms with Crippen molar-refractivity contribution in [3.63, 3.8) is 0 Å². The molecule has 2 heteroatoms. The predicted octanol–water partition coefficient (Wildman–Crippen LogP) is 5.16. The van der Waals surface area contributed by atoms with Crippen LogP contribution in [0.15, 0.2) is 65.9 Å². The quantitative estimate of drug-likeness (QED) is 0.629. The van der Waals surface area contributed by atoms with Crippen LogP contribution in [0.5, 0.6) is 0 Å². The van der Waals surface area contributed by atoms with E-state index < -0.39 is 0 Å². The lowest BCUT2D eigenvalue weighted by Gasteiger charge is -2.21. The van der Waals surface area contributed by atoms with E-state index >= 15 is 0 Å². The van der Waals surface area contributed by atoms with Crippen molar-refractivity contribution < 1.29 is 9.47 Å². The van der Waals surface area contributed by atoms with E-state index in [0.717, 1.165) is 39.2 Å². The standard InChI is InChI=1S/C26H24O2/c1-5-19-11-9-13-21(15-19)23-17-25(28-8-4)24(18-27-7-3)26(23)22-14-10-12-20(6-2)16-22/h1-2,9-17,26H,7-8,18H2,3-4H3. The van der Waals surface area contributed by atoms with Crippen LogP contribution in [0.25, 0.3) is 5.57 Å². The van der Waals surface area contributed by atoms with Crippen LogP contribution in [0.4, 0.5) is 0 Å². The summed E-state index contributed by atoms with van der Waals surface area (Å²) in [6.07, 6.45) is 13.4. The lowest BCUT2D eigenvalue weighted by Crippen LogP contribution is -2.10. The summed E-state index contributed by atoms with van der Waals surface area (Å²) in [6, 6.07) is 16.1. The topological polar surface area (TPSA) is 18.5 Å². The SMILES string of the molecule is C#Cc1cccc(C2=CC(OCC)=C(COCC)C2c2cccc(C#C)c2)c1. The molecule has 0 saturated heterocycles. The highest BCUT2D eigenvalue weighted by Gasteiger charge is 2.31. The van der Waals surface area contributed by atoms with E-state index in [2.05, 4.69) is 36.1 Å². The van der Waals surface area contributed by atoms with E-state index in [4.69, 9.17) is 22.3 Å². The van der Waals surface area contributed by atoms with Gasteiger partial charge in [-0.15, -0.1) is 12.8 Å². The van der Waals surface area contributed by atoms with Crippen molar-refractivity contribution in [2.24, 2.45) is 0 Å². The minimum absolute atomic E-state index is 0.00873. The minimum Gasteiger partial charge on any atom is -0.494 e. The second-order valence-electron chi connectivity index (χ2n) is 6.49. The zero-order valence-electron chi connectivity index (χ0n) is 16.4. The molecule has 0 aromatic heterocycles. The van der Waals surface area contributed by atoms with E-state index in [9.17, 15) is 0 Å². The van der Waals surface area contributed by atoms with Gasteiger partial charge in [-0.2, -0.15) is 0 Å². The largest absolute Gasteiger partial charge is 0.494 e. The molecule has 0 radical (unpaired) electrons. The first-order valence-corrected chi connectivity index (χ1v) is 9.50. The van der Waals surface area contributed by atoms with E-state index in [1.54, 1.807) is 0 Å². The predicted molar refractivity (Wildman–Crippen MR) is 115 cm³/mol. The van der Waals surface area contributed by atoms with Gasteiger partial charge in [0, 0.05) is 29.2 Å². The van der Waals surface area contributed by atoms with Gasteiger partial charge in [-0.1, -0.05) is 36.1 Å². The number of terminal acetylenes is 2. The molecular weight excluding hydrogens is 344 g/mol. The first-order valence-electron chi connectivity index (χ1n) is 9.50. The van der Waals surface area contributed by atoms with Crippen LogP contribution in [-0.4, -0.2) is 19.8 Å². The highest BCUT2D eigenvalue weighted by Crippen LogP contribution is 2.45. The van der Waals surface area contributed by atoms with Gasteiger partial charge in [-0.25, -0.2) is 0 Å². The van der Waals surface area contributed by atoms with Crippen molar-refractivity contribution in [2.45, 2.75) is 19.8 Å². The molecule has 0 saturated carbocycles. The number of allylic oxidation sites excluding steroid dienone is 2. The van der Waals surface area contributed by atoms with Crippen LogP contribution >= 0.6 is 0 Å². The molecule has 0 N–H and O–H groups in total. The summed E-state index contributed by atoms with van der Waals surface area (Å²) in [5.41, 5.74) is 6.16. The van der Waals surface area contributed by atoms with E-state index in [1.807, 2.05) is 44.2 Å². The van der Waals surface area contributed by atoms with E-state index in [-0.39, 0.29) is 5.92 Å². The summed E-state index contributed by atoms with van der Waals surface area (Å²) in [7, 11) is 0. The molecule has 0 amide bonds. The Kier molecular flexibility index (Phi) is 6.38. The Hall–Kier alpha value is -3.20. The molecule has 1 aliphatic carbocycles. The van der Waals surface area contributed by atoms with Gasteiger partial charge in [-0.05, 0) is 60.9 Å². The Bertz CT molecular complexity index is 996. The molecule has 0 spiro atoms. The molecule has 0 bridgehead atoms. The highest BCUT2D eigenvalue weighted by atomic mass is 16.5. The summed E-state index contributed by atoms with van der Waals surface area (Å²) in [5.74, 6) is 6.33. The van der Waals surface area contributed by atoms with Gasteiger partial charge in [0.15, 0.2) is 0 Å². The van der Waals surface area contributed by atoms with Crippen molar-refractivity contribution >= 4 is 5.57 Å². The summed E-state index contributed by atoms with van der Waals surface area (Å²) in [6.45, 7) is 5.72. The second-order valence-corrected chi connectivity index (χ2v) is 6.49. The van der Waals surface area contributed by atoms with Crippen molar-refractivity contribution in [3.8, 4) is 24.7 Å². The number of rotatable bonds is 7. The van der Waals surface area contributed by atoms with Crippen molar-refractivity contribution in [3.05, 3.63) is 88.2 Å². The first-order chi connectivity index (χ1) is 13.7. The molecule has 28 heavy (non-hydrogen) atoms. The Labute approximate surface area is 167 Å². The van der Waals surface area contributed by atoms with Crippen LogP contribution in [-0.2, 0) is 9.47 Å². The third-order valence-electron chi connectivity index (χ3n) is 4.77. The summed E-state index contributed by atoms with van der Waals surface area (Å²) in [4.78, 5) is 0. The molecular formula is C26H24O2. The Morgan fingerprint density at radius 1 is 0.929 bits per heavy atom. The monoisotopic (exact) mass is 368 g/mol. The van der Waals surface area contributed by atoms with E-state index in [0.29, 0.717) is 19.8 Å². The molecule has 2 aromatic rings. The van der Waals surface area contributed by atoms with Gasteiger partial charge in [0.2, 0.25) is 0 Å². The van der Waals surface area contributed by atoms with Crippen LogP contribution in [0.3, 0.4) is 0 Å². The molecule has 2 aromatic carbocycles. The highest BCUT2D eigenvalue weighted by molar-refractivity contribution is 5.81. The molecule has 3 rings (SSSR count). The number of hydrogen-bond donors (Lipinski definition) is 0. The fourth-order valence-electron chi connectivity index (χ4n) is 3.53. The zero-order valence-corrected chi connectivity index (χ0v) is 16.4. The maximum Gasteiger partial charge on any atom is 0.122 e. The Morgan fingerprint density at radius 2 is 1.64 bits per heavy atom. The third-order valence-corrected chi connectivity index (χ3v) is 4.77. The number of benzene rings is 2. The van der Waals surface area contributed by atoms with Crippen LogP contribution < -0.4 is 0 Å². The molecule has 140 valence electrons. The van der Waals surface area contributed by atoms with Gasteiger partial charge in [0.1, 0.15) is 5.76 Å². The smallest absolute Gasteiger partial charge is 0.122 e. The molecule has 0 heterocycles. The molecule has 1 unspecified atom stereocenters. The van der Waals surface area contributed by atoms with Crippen LogP contribution in [0, 0.1) is 24.7 Å². The van der Waals surface area contributed by atoms with Crippen LogP contribution in [0.2, 0.25) is 0 Å². The van der Waals surface area contributed by atoms with E-state index in [1.165, 1.54) is 0 Å². The fourth-order valence-corrected chi connectivity index (χ4v) is 3.53. The molecule has 1 atom stereocenters. The minimum atomic E-state index is 0.00873. The Balaban J connectivity index is 2.14. The molecule has 1 aliphatic rings. The van der Waals surface area contributed by atoms with Gasteiger partial charge in [0.05, 0.1) is 13.2 Å². The lowest BCUT2D eigenvalue weighted by atomic mass is 9.84. The van der Waals surface area contributed by atoms with Gasteiger partial charge in [0.25, 0.3) is 0 Å². The average molecular weight is 368 g/mol. The van der Waals surface area contributed by atoms with Crippen molar-refractivity contribution in [1.82, 2.24) is 0 Å². The van der Waals surface area contributed by atoms with Gasteiger partial charge >= 0.3 is 0 Å². The summed E-state index contributed by atoms with van der Waals surface area (Å²) < 4.78 is 11.8. The van der Waals surface area contributed by atoms with Crippen LogP contribution in [0.1, 0.15) is 42.0 Å². The summed E-state index contributed by atoms with van der Waals surface area (Å²) in [5, 5.41) is 0. The molecule has 2 nitrogen and oxygen atoms in total. The van der Waals surface area contributed by atoms with Crippen molar-refractivity contribution in [1.29, 1.82) is 0 Å². The maximum absolute atomic E-state index is 5.97. The van der Waals surface area contributed by atoms with Gasteiger partial charge in [-0.3, -0.25) is 0 Å². The molecule has 0 aliphatic heterocycles. The number of hydrogen-bond acceptors (Lipinski definition) is 2. The number of ether oxygens (including phenoxy) is 2.